The summed E-state index contributed by atoms with van der Waals surface area (Å²) in [5.41, 5.74) is 0.715. The molecule has 0 heterocycles. The van der Waals surface area contributed by atoms with E-state index in [2.05, 4.69) is 5.32 Å². The second kappa shape index (κ2) is 5.27. The standard InChI is InChI=1S/C16H21NO3/c1-10(9-11-7-5-4-6-8-11)17-14(18)12-13(15(19)20)16(12,2)3/h4-8,10,12-13H,9H2,1-3H3,(H,17,18)(H,19,20). The molecule has 2 N–H and O–H groups in total. The maximum Gasteiger partial charge on any atom is 0.307 e. The third-order valence-electron chi connectivity index (χ3n) is 4.15. The number of aliphatic carboxylic acids is 1. The van der Waals surface area contributed by atoms with Gasteiger partial charge in [-0.2, -0.15) is 0 Å². The highest BCUT2D eigenvalue weighted by molar-refractivity contribution is 5.91. The number of rotatable bonds is 5. The van der Waals surface area contributed by atoms with E-state index in [4.69, 9.17) is 5.11 Å². The van der Waals surface area contributed by atoms with Gasteiger partial charge in [0.05, 0.1) is 11.8 Å². The Kier molecular flexibility index (Phi) is 3.84. The van der Waals surface area contributed by atoms with Crippen LogP contribution in [0, 0.1) is 17.3 Å². The van der Waals surface area contributed by atoms with Crippen molar-refractivity contribution in [1.29, 1.82) is 0 Å². The minimum Gasteiger partial charge on any atom is -0.481 e. The lowest BCUT2D eigenvalue weighted by molar-refractivity contribution is -0.140. The maximum absolute atomic E-state index is 12.2. The third kappa shape index (κ3) is 2.84. The molecule has 108 valence electrons. The van der Waals surface area contributed by atoms with Gasteiger partial charge in [-0.15, -0.1) is 0 Å². The van der Waals surface area contributed by atoms with E-state index >= 15 is 0 Å². The molecule has 0 radical (unpaired) electrons. The van der Waals surface area contributed by atoms with E-state index in [9.17, 15) is 9.59 Å². The van der Waals surface area contributed by atoms with Crippen molar-refractivity contribution in [2.24, 2.45) is 17.3 Å². The fourth-order valence-corrected chi connectivity index (χ4v) is 2.94. The summed E-state index contributed by atoms with van der Waals surface area (Å²) in [6.07, 6.45) is 0.747. The molecule has 0 spiro atoms. The van der Waals surface area contributed by atoms with Gasteiger partial charge in [0.15, 0.2) is 0 Å². The summed E-state index contributed by atoms with van der Waals surface area (Å²) in [7, 11) is 0. The second-order valence-corrected chi connectivity index (χ2v) is 6.21. The Hall–Kier alpha value is -1.84. The molecule has 4 heteroatoms. The van der Waals surface area contributed by atoms with Crippen LogP contribution in [0.4, 0.5) is 0 Å². The number of nitrogens with one attached hydrogen (secondary N) is 1. The van der Waals surface area contributed by atoms with Gasteiger partial charge in [0, 0.05) is 6.04 Å². The van der Waals surface area contributed by atoms with E-state index in [1.54, 1.807) is 0 Å². The molecule has 1 aromatic carbocycles. The van der Waals surface area contributed by atoms with Crippen LogP contribution < -0.4 is 5.32 Å². The molecule has 1 fully saturated rings. The van der Waals surface area contributed by atoms with Crippen LogP contribution >= 0.6 is 0 Å². The predicted molar refractivity (Wildman–Crippen MR) is 76.1 cm³/mol. The fraction of sp³-hybridized carbons (Fsp3) is 0.500. The van der Waals surface area contributed by atoms with Crippen LogP contribution in [0.1, 0.15) is 26.3 Å². The number of carboxylic acids is 1. The first-order chi connectivity index (χ1) is 9.34. The number of hydrogen-bond donors (Lipinski definition) is 2. The van der Waals surface area contributed by atoms with Gasteiger partial charge in [-0.05, 0) is 24.3 Å². The number of amides is 1. The first kappa shape index (κ1) is 14.6. The summed E-state index contributed by atoms with van der Waals surface area (Å²) in [5.74, 6) is -2.01. The molecular formula is C16H21NO3. The summed E-state index contributed by atoms with van der Waals surface area (Å²) in [6, 6.07) is 9.92. The molecule has 0 aliphatic heterocycles. The predicted octanol–water partition coefficient (Wildman–Crippen LogP) is 2.09. The number of benzene rings is 1. The first-order valence-electron chi connectivity index (χ1n) is 6.91. The Balaban J connectivity index is 1.91. The van der Waals surface area contributed by atoms with Crippen LogP contribution in [-0.4, -0.2) is 23.0 Å². The monoisotopic (exact) mass is 275 g/mol. The van der Waals surface area contributed by atoms with Crippen molar-refractivity contribution in [3.63, 3.8) is 0 Å². The minimum atomic E-state index is -0.883. The summed E-state index contributed by atoms with van der Waals surface area (Å²) < 4.78 is 0. The molecule has 0 saturated heterocycles. The molecule has 0 aromatic heterocycles. The van der Waals surface area contributed by atoms with Crippen molar-refractivity contribution in [3.8, 4) is 0 Å². The normalized spacial score (nSPS) is 24.8. The van der Waals surface area contributed by atoms with Gasteiger partial charge in [-0.3, -0.25) is 9.59 Å². The SMILES string of the molecule is CC(Cc1ccccc1)NC(=O)C1C(C(=O)O)C1(C)C. The van der Waals surface area contributed by atoms with Crippen molar-refractivity contribution in [3.05, 3.63) is 35.9 Å². The summed E-state index contributed by atoms with van der Waals surface area (Å²) >= 11 is 0. The van der Waals surface area contributed by atoms with Gasteiger partial charge in [0.2, 0.25) is 5.91 Å². The maximum atomic E-state index is 12.2. The Morgan fingerprint density at radius 2 is 1.85 bits per heavy atom. The molecule has 0 bridgehead atoms. The molecular weight excluding hydrogens is 254 g/mol. The minimum absolute atomic E-state index is 0.00394. The molecule has 1 aromatic rings. The molecule has 3 atom stereocenters. The third-order valence-corrected chi connectivity index (χ3v) is 4.15. The largest absolute Gasteiger partial charge is 0.481 e. The van der Waals surface area contributed by atoms with Gasteiger partial charge in [-0.25, -0.2) is 0 Å². The van der Waals surface area contributed by atoms with Crippen molar-refractivity contribution in [2.75, 3.05) is 0 Å². The van der Waals surface area contributed by atoms with Crippen LogP contribution in [0.5, 0.6) is 0 Å². The lowest BCUT2D eigenvalue weighted by Crippen LogP contribution is -2.36. The summed E-state index contributed by atoms with van der Waals surface area (Å²) in [5, 5.41) is 12.0. The van der Waals surface area contributed by atoms with Crippen molar-refractivity contribution in [1.82, 2.24) is 5.32 Å². The number of carbonyl (C=O) groups excluding carboxylic acids is 1. The summed E-state index contributed by atoms with van der Waals surface area (Å²) in [4.78, 5) is 23.3. The van der Waals surface area contributed by atoms with E-state index in [0.29, 0.717) is 0 Å². The molecule has 1 amide bonds. The molecule has 2 rings (SSSR count). The zero-order valence-electron chi connectivity index (χ0n) is 12.1. The first-order valence-corrected chi connectivity index (χ1v) is 6.91. The van der Waals surface area contributed by atoms with Crippen molar-refractivity contribution in [2.45, 2.75) is 33.2 Å². The van der Waals surface area contributed by atoms with Gasteiger partial charge < -0.3 is 10.4 Å². The highest BCUT2D eigenvalue weighted by Crippen LogP contribution is 2.58. The van der Waals surface area contributed by atoms with E-state index in [1.807, 2.05) is 51.1 Å². The lowest BCUT2D eigenvalue weighted by atomic mass is 10.1. The van der Waals surface area contributed by atoms with Crippen molar-refractivity contribution < 1.29 is 14.7 Å². The van der Waals surface area contributed by atoms with Gasteiger partial charge >= 0.3 is 5.97 Å². The highest BCUT2D eigenvalue weighted by atomic mass is 16.4. The van der Waals surface area contributed by atoms with E-state index < -0.39 is 23.2 Å². The summed E-state index contributed by atoms with van der Waals surface area (Å²) in [6.45, 7) is 5.60. The smallest absolute Gasteiger partial charge is 0.307 e. The average molecular weight is 275 g/mol. The molecule has 4 nitrogen and oxygen atoms in total. The number of hydrogen-bond acceptors (Lipinski definition) is 2. The highest BCUT2D eigenvalue weighted by Gasteiger charge is 2.65. The van der Waals surface area contributed by atoms with Crippen LogP contribution in [0.3, 0.4) is 0 Å². The van der Waals surface area contributed by atoms with Gasteiger partial charge in [-0.1, -0.05) is 44.2 Å². The lowest BCUT2D eigenvalue weighted by Gasteiger charge is -2.14. The van der Waals surface area contributed by atoms with E-state index in [0.717, 1.165) is 12.0 Å². The van der Waals surface area contributed by atoms with Gasteiger partial charge in [0.25, 0.3) is 0 Å². The topological polar surface area (TPSA) is 66.4 Å². The van der Waals surface area contributed by atoms with E-state index in [-0.39, 0.29) is 11.9 Å². The zero-order valence-corrected chi connectivity index (χ0v) is 12.1. The second-order valence-electron chi connectivity index (χ2n) is 6.21. The Labute approximate surface area is 119 Å². The van der Waals surface area contributed by atoms with Gasteiger partial charge in [0.1, 0.15) is 0 Å². The van der Waals surface area contributed by atoms with Crippen LogP contribution in [0.2, 0.25) is 0 Å². The number of carbonyl (C=O) groups is 2. The van der Waals surface area contributed by atoms with Crippen LogP contribution in [0.25, 0.3) is 0 Å². The fourth-order valence-electron chi connectivity index (χ4n) is 2.94. The Bertz CT molecular complexity index is 510. The van der Waals surface area contributed by atoms with E-state index in [1.165, 1.54) is 0 Å². The van der Waals surface area contributed by atoms with Crippen LogP contribution in [0.15, 0.2) is 30.3 Å². The zero-order chi connectivity index (χ0) is 14.9. The molecule has 20 heavy (non-hydrogen) atoms. The molecule has 1 aliphatic rings. The molecule has 1 saturated carbocycles. The number of carboxylic acid groups (broad SMARTS) is 1. The Morgan fingerprint density at radius 1 is 1.25 bits per heavy atom. The molecule has 1 aliphatic carbocycles. The Morgan fingerprint density at radius 3 is 2.35 bits per heavy atom. The van der Waals surface area contributed by atoms with Crippen molar-refractivity contribution >= 4 is 11.9 Å². The average Bonchev–Trinajstić information content (AvgIpc) is 2.93. The molecule has 3 unspecified atom stereocenters. The quantitative estimate of drug-likeness (QED) is 0.864. The van der Waals surface area contributed by atoms with Crippen LogP contribution in [-0.2, 0) is 16.0 Å².